The molecule has 0 spiro atoms. The first-order valence-corrected chi connectivity index (χ1v) is 4.06. The smallest absolute Gasteiger partial charge is 0.330 e. The van der Waals surface area contributed by atoms with Gasteiger partial charge in [0, 0.05) is 12.6 Å². The molecular weight excluding hydrogens is 234 g/mol. The Kier molecular flexibility index (Phi) is 18.9. The molecule has 0 aliphatic rings. The first-order valence-electron chi connectivity index (χ1n) is 4.06. The Hall–Kier alpha value is -2.42. The molecule has 0 saturated carbocycles. The number of amides is 1. The Morgan fingerprint density at radius 1 is 1.41 bits per heavy atom. The molecule has 0 heterocycles. The molecule has 17 heavy (non-hydrogen) atoms. The van der Waals surface area contributed by atoms with Gasteiger partial charge in [0.1, 0.15) is 6.61 Å². The van der Waals surface area contributed by atoms with Crippen LogP contribution in [0.5, 0.6) is 0 Å². The lowest BCUT2D eigenvalue weighted by Gasteiger charge is -1.94. The van der Waals surface area contributed by atoms with Crippen molar-refractivity contribution < 1.29 is 24.6 Å². The van der Waals surface area contributed by atoms with Crippen molar-refractivity contribution in [1.29, 1.82) is 0 Å². The van der Waals surface area contributed by atoms with Gasteiger partial charge in [-0.25, -0.2) is 4.79 Å². The number of esters is 1. The highest BCUT2D eigenvalue weighted by atomic mass is 16.9. The minimum atomic E-state index is -1.50. The Morgan fingerprint density at radius 2 is 1.76 bits per heavy atom. The Labute approximate surface area is 97.4 Å². The van der Waals surface area contributed by atoms with E-state index in [-0.39, 0.29) is 6.61 Å². The zero-order valence-corrected chi connectivity index (χ0v) is 9.07. The number of primary amides is 1. The summed E-state index contributed by atoms with van der Waals surface area (Å²) in [5, 5.41) is 13.6. The number of rotatable bonds is 4. The molecule has 98 valence electrons. The first-order chi connectivity index (χ1) is 7.81. The number of hydrogen-bond acceptors (Lipinski definition) is 6. The molecule has 1 amide bonds. The van der Waals surface area contributed by atoms with Crippen LogP contribution in [0.4, 0.5) is 0 Å². The summed E-state index contributed by atoms with van der Waals surface area (Å²) in [6, 6.07) is 0. The lowest BCUT2D eigenvalue weighted by atomic mass is 10.6. The zero-order chi connectivity index (χ0) is 14.3. The molecule has 0 rings (SSSR count). The summed E-state index contributed by atoms with van der Waals surface area (Å²) in [4.78, 5) is 28.0. The monoisotopic (exact) mass is 249 g/mol. The molecule has 0 atom stereocenters. The summed E-state index contributed by atoms with van der Waals surface area (Å²) in [5.74, 6) is -0.902. The average molecular weight is 249 g/mol. The fourth-order valence-corrected chi connectivity index (χ4v) is 0.218. The van der Waals surface area contributed by atoms with Crippen LogP contribution in [0, 0.1) is 10.1 Å². The molecule has 0 aromatic rings. The van der Waals surface area contributed by atoms with Gasteiger partial charge in [0.05, 0.1) is 0 Å². The number of nitrogens with zero attached hydrogens (tertiary/aromatic N) is 1. The molecule has 5 N–H and O–H groups in total. The molecule has 0 radical (unpaired) electrons. The van der Waals surface area contributed by atoms with E-state index in [4.69, 9.17) is 21.1 Å². The summed E-state index contributed by atoms with van der Waals surface area (Å²) in [6.07, 6.45) is 2.16. The molecule has 0 aliphatic heterocycles. The van der Waals surface area contributed by atoms with Crippen LogP contribution in [0.2, 0.25) is 0 Å². The number of carbonyl (C=O) groups is 2. The van der Waals surface area contributed by atoms with Gasteiger partial charge in [-0.1, -0.05) is 13.2 Å². The van der Waals surface area contributed by atoms with Crippen LogP contribution in [0.3, 0.4) is 0 Å². The fourth-order valence-electron chi connectivity index (χ4n) is 0.218. The predicted octanol–water partition coefficient (Wildman–Crippen LogP) is -1.02. The van der Waals surface area contributed by atoms with Crippen molar-refractivity contribution in [3.8, 4) is 0 Å². The largest absolute Gasteiger partial charge is 0.461 e. The van der Waals surface area contributed by atoms with Gasteiger partial charge in [-0.2, -0.15) is 0 Å². The molecule has 9 nitrogen and oxygen atoms in total. The van der Waals surface area contributed by atoms with Crippen molar-refractivity contribution in [1.82, 2.24) is 0 Å². The van der Waals surface area contributed by atoms with Crippen molar-refractivity contribution in [2.75, 3.05) is 13.2 Å². The lowest BCUT2D eigenvalue weighted by molar-refractivity contribution is -0.742. The second-order valence-electron chi connectivity index (χ2n) is 2.00. The van der Waals surface area contributed by atoms with E-state index in [1.165, 1.54) is 0 Å². The number of ether oxygens (including phenoxy) is 1. The van der Waals surface area contributed by atoms with Crippen LogP contribution < -0.4 is 11.5 Å². The molecule has 0 aliphatic carbocycles. The predicted molar refractivity (Wildman–Crippen MR) is 58.4 cm³/mol. The third kappa shape index (κ3) is 58.5. The molecule has 9 heteroatoms. The second-order valence-corrected chi connectivity index (χ2v) is 2.00. The third-order valence-electron chi connectivity index (χ3n) is 0.730. The van der Waals surface area contributed by atoms with Gasteiger partial charge in [-0.05, 0) is 6.08 Å². The van der Waals surface area contributed by atoms with Crippen LogP contribution in [-0.2, 0) is 14.3 Å². The maximum absolute atomic E-state index is 10.2. The SMILES string of the molecule is C=CC(=O)OCCN.C=CC(N)=O.O=[N+]([O-])O. The van der Waals surface area contributed by atoms with E-state index in [1.54, 1.807) is 0 Å². The highest BCUT2D eigenvalue weighted by Crippen LogP contribution is 1.74. The summed E-state index contributed by atoms with van der Waals surface area (Å²) in [7, 11) is 0. The van der Waals surface area contributed by atoms with Gasteiger partial charge in [0.15, 0.2) is 0 Å². The Bertz CT molecular complexity index is 262. The van der Waals surface area contributed by atoms with E-state index >= 15 is 0 Å². The van der Waals surface area contributed by atoms with Gasteiger partial charge in [-0.3, -0.25) is 4.79 Å². The van der Waals surface area contributed by atoms with Crippen molar-refractivity contribution in [3.63, 3.8) is 0 Å². The average Bonchev–Trinajstić information content (AvgIpc) is 2.25. The molecule has 0 saturated heterocycles. The highest BCUT2D eigenvalue weighted by molar-refractivity contribution is 5.85. The molecule has 0 aromatic carbocycles. The van der Waals surface area contributed by atoms with Crippen molar-refractivity contribution in [3.05, 3.63) is 35.4 Å². The van der Waals surface area contributed by atoms with E-state index in [9.17, 15) is 9.59 Å². The highest BCUT2D eigenvalue weighted by Gasteiger charge is 1.89. The minimum absolute atomic E-state index is 0.269. The van der Waals surface area contributed by atoms with Gasteiger partial charge >= 0.3 is 5.97 Å². The van der Waals surface area contributed by atoms with Crippen molar-refractivity contribution in [2.45, 2.75) is 0 Å². The van der Waals surface area contributed by atoms with Crippen LogP contribution in [-0.4, -0.2) is 35.3 Å². The molecule has 0 aromatic heterocycles. The number of nitrogens with two attached hydrogens (primary N) is 2. The first kappa shape index (κ1) is 20.1. The van der Waals surface area contributed by atoms with Gasteiger partial charge in [0.2, 0.25) is 5.91 Å². The molecule has 0 bridgehead atoms. The van der Waals surface area contributed by atoms with Crippen LogP contribution >= 0.6 is 0 Å². The summed E-state index contributed by atoms with van der Waals surface area (Å²) < 4.78 is 4.46. The van der Waals surface area contributed by atoms with Crippen LogP contribution in [0.25, 0.3) is 0 Å². The van der Waals surface area contributed by atoms with E-state index in [2.05, 4.69) is 23.6 Å². The summed E-state index contributed by atoms with van der Waals surface area (Å²) >= 11 is 0. The number of carbonyl (C=O) groups excluding carboxylic acids is 2. The third-order valence-corrected chi connectivity index (χ3v) is 0.730. The Balaban J connectivity index is -0.000000188. The van der Waals surface area contributed by atoms with E-state index in [1.807, 2.05) is 0 Å². The summed E-state index contributed by atoms with van der Waals surface area (Å²) in [5.41, 5.74) is 9.55. The van der Waals surface area contributed by atoms with Gasteiger partial charge < -0.3 is 21.4 Å². The summed E-state index contributed by atoms with van der Waals surface area (Å²) in [6.45, 7) is 6.91. The minimum Gasteiger partial charge on any atom is -0.461 e. The molecular formula is C8H15N3O6. The van der Waals surface area contributed by atoms with Crippen LogP contribution in [0.1, 0.15) is 0 Å². The van der Waals surface area contributed by atoms with E-state index in [0.717, 1.165) is 12.2 Å². The normalized spacial score (nSPS) is 7.12. The maximum Gasteiger partial charge on any atom is 0.330 e. The Morgan fingerprint density at radius 3 is 1.94 bits per heavy atom. The zero-order valence-electron chi connectivity index (χ0n) is 9.07. The standard InChI is InChI=1S/C5H9NO2.C3H5NO.HNO3/c1-2-5(7)8-4-3-6;1-2-3(4)5;2-1(3)4/h2H,1,3-4,6H2;2H,1H2,(H2,4,5);(H,2,3,4). The van der Waals surface area contributed by atoms with Gasteiger partial charge in [-0.15, -0.1) is 10.1 Å². The second kappa shape index (κ2) is 16.0. The van der Waals surface area contributed by atoms with Gasteiger partial charge in [0.25, 0.3) is 5.09 Å². The molecule has 0 fully saturated rings. The van der Waals surface area contributed by atoms with Crippen molar-refractivity contribution in [2.24, 2.45) is 11.5 Å². The molecule has 0 unspecified atom stereocenters. The van der Waals surface area contributed by atoms with Crippen molar-refractivity contribution >= 4 is 11.9 Å². The van der Waals surface area contributed by atoms with E-state index in [0.29, 0.717) is 6.54 Å². The topological polar surface area (TPSA) is 159 Å². The van der Waals surface area contributed by atoms with Crippen LogP contribution in [0.15, 0.2) is 25.3 Å². The van der Waals surface area contributed by atoms with E-state index < -0.39 is 17.0 Å². The maximum atomic E-state index is 10.2. The quantitative estimate of drug-likeness (QED) is 0.249. The lowest BCUT2D eigenvalue weighted by Crippen LogP contribution is -2.11. The fraction of sp³-hybridized carbons (Fsp3) is 0.250. The number of hydrogen-bond donors (Lipinski definition) is 3.